The molecule has 0 aromatic carbocycles. The first-order valence-corrected chi connectivity index (χ1v) is 6.26. The van der Waals surface area contributed by atoms with Gasteiger partial charge in [0, 0.05) is 6.04 Å². The van der Waals surface area contributed by atoms with E-state index in [1.165, 1.54) is 5.57 Å². The zero-order chi connectivity index (χ0) is 11.6. The summed E-state index contributed by atoms with van der Waals surface area (Å²) in [6, 6.07) is 0.189. The molecule has 0 fully saturated rings. The molecule has 0 saturated heterocycles. The first-order chi connectivity index (χ1) is 6.70. The highest BCUT2D eigenvalue weighted by Crippen LogP contribution is 2.17. The van der Waals surface area contributed by atoms with Crippen molar-refractivity contribution in [3.8, 4) is 0 Å². The molecule has 0 saturated carbocycles. The van der Waals surface area contributed by atoms with Crippen molar-refractivity contribution in [2.45, 2.75) is 52.7 Å². The second-order valence-electron chi connectivity index (χ2n) is 2.75. The number of hydrogen-bond donors (Lipinski definition) is 1. The summed E-state index contributed by atoms with van der Waals surface area (Å²) in [6.45, 7) is 10.0. The Labute approximate surface area is 92.1 Å². The Morgan fingerprint density at radius 2 is 1.86 bits per heavy atom. The molecule has 0 amide bonds. The number of nitrogens with two attached hydrogens (primary N) is 1. The van der Waals surface area contributed by atoms with Crippen molar-refractivity contribution in [2.24, 2.45) is 5.73 Å². The minimum atomic E-state index is 0.189. The van der Waals surface area contributed by atoms with Gasteiger partial charge in [-0.25, -0.2) is 0 Å². The van der Waals surface area contributed by atoms with E-state index in [0.717, 1.165) is 6.42 Å². The molecule has 0 heterocycles. The monoisotopic (exact) mass is 215 g/mol. The fraction of sp³-hybridized carbons (Fsp3) is 0.667. The zero-order valence-electron chi connectivity index (χ0n) is 10.2. The second-order valence-corrected chi connectivity index (χ2v) is 3.61. The van der Waals surface area contributed by atoms with Crippen LogP contribution in [0.25, 0.3) is 0 Å². The minimum absolute atomic E-state index is 0.189. The summed E-state index contributed by atoms with van der Waals surface area (Å²) >= 11 is 0. The van der Waals surface area contributed by atoms with Crippen LogP contribution in [-0.4, -0.2) is 11.7 Å². The van der Waals surface area contributed by atoms with Crippen molar-refractivity contribution in [1.29, 1.82) is 0 Å². The average molecular weight is 215 g/mol. The van der Waals surface area contributed by atoms with E-state index in [0.29, 0.717) is 5.66 Å². The summed E-state index contributed by atoms with van der Waals surface area (Å²) in [4.78, 5) is 0. The SMILES string of the molecule is CC.CC.CC(N)C1=CCC(P)C=C1. The molecular weight excluding hydrogens is 189 g/mol. The van der Waals surface area contributed by atoms with Crippen LogP contribution in [0.4, 0.5) is 0 Å². The largest absolute Gasteiger partial charge is 0.324 e. The molecule has 0 radical (unpaired) electrons. The summed E-state index contributed by atoms with van der Waals surface area (Å²) in [7, 11) is 2.78. The lowest BCUT2D eigenvalue weighted by Gasteiger charge is -2.13. The maximum absolute atomic E-state index is 5.69. The van der Waals surface area contributed by atoms with E-state index in [1.807, 2.05) is 34.6 Å². The lowest BCUT2D eigenvalue weighted by Crippen LogP contribution is -2.18. The summed E-state index contributed by atoms with van der Waals surface area (Å²) in [6.07, 6.45) is 7.62. The van der Waals surface area contributed by atoms with E-state index in [1.54, 1.807) is 0 Å². The maximum Gasteiger partial charge on any atom is 0.0262 e. The van der Waals surface area contributed by atoms with Gasteiger partial charge < -0.3 is 5.73 Å². The van der Waals surface area contributed by atoms with Crippen molar-refractivity contribution in [3.05, 3.63) is 23.8 Å². The van der Waals surface area contributed by atoms with E-state index in [4.69, 9.17) is 5.73 Å². The van der Waals surface area contributed by atoms with Gasteiger partial charge in [0.05, 0.1) is 0 Å². The third kappa shape index (κ3) is 7.29. The van der Waals surface area contributed by atoms with Gasteiger partial charge in [0.2, 0.25) is 0 Å². The first kappa shape index (κ1) is 16.3. The van der Waals surface area contributed by atoms with E-state index in [-0.39, 0.29) is 6.04 Å². The molecule has 3 atom stereocenters. The molecule has 0 bridgehead atoms. The van der Waals surface area contributed by atoms with Crippen LogP contribution in [0.15, 0.2) is 23.8 Å². The van der Waals surface area contributed by atoms with Gasteiger partial charge in [-0.2, -0.15) is 0 Å². The first-order valence-electron chi connectivity index (χ1n) is 5.59. The van der Waals surface area contributed by atoms with Gasteiger partial charge in [-0.1, -0.05) is 45.9 Å². The highest BCUT2D eigenvalue weighted by molar-refractivity contribution is 7.17. The minimum Gasteiger partial charge on any atom is -0.324 e. The smallest absolute Gasteiger partial charge is 0.0262 e. The van der Waals surface area contributed by atoms with Crippen molar-refractivity contribution in [2.75, 3.05) is 0 Å². The van der Waals surface area contributed by atoms with Crippen molar-refractivity contribution >= 4 is 9.24 Å². The van der Waals surface area contributed by atoms with Crippen LogP contribution in [0.5, 0.6) is 0 Å². The van der Waals surface area contributed by atoms with Crippen LogP contribution in [0.1, 0.15) is 41.0 Å². The summed E-state index contributed by atoms with van der Waals surface area (Å²) in [5.41, 5.74) is 7.56. The maximum atomic E-state index is 5.69. The van der Waals surface area contributed by atoms with Crippen molar-refractivity contribution in [1.82, 2.24) is 0 Å². The van der Waals surface area contributed by atoms with Gasteiger partial charge in [0.25, 0.3) is 0 Å². The summed E-state index contributed by atoms with van der Waals surface area (Å²) < 4.78 is 0. The van der Waals surface area contributed by atoms with Crippen LogP contribution in [0.2, 0.25) is 0 Å². The van der Waals surface area contributed by atoms with E-state index < -0.39 is 0 Å². The third-order valence-electron chi connectivity index (χ3n) is 1.69. The average Bonchev–Trinajstić information content (AvgIpc) is 2.24. The molecule has 2 heteroatoms. The van der Waals surface area contributed by atoms with E-state index in [2.05, 4.69) is 27.5 Å². The molecule has 0 aliphatic heterocycles. The predicted octanol–water partition coefficient (Wildman–Crippen LogP) is 3.52. The van der Waals surface area contributed by atoms with Crippen molar-refractivity contribution in [3.63, 3.8) is 0 Å². The molecule has 1 aliphatic carbocycles. The molecule has 1 nitrogen and oxygen atoms in total. The number of allylic oxidation sites excluding steroid dienone is 2. The van der Waals surface area contributed by atoms with Gasteiger partial charge in [-0.3, -0.25) is 0 Å². The molecule has 0 spiro atoms. The lowest BCUT2D eigenvalue weighted by molar-refractivity contribution is 0.859. The highest BCUT2D eigenvalue weighted by Gasteiger charge is 2.05. The highest BCUT2D eigenvalue weighted by atomic mass is 31.0. The van der Waals surface area contributed by atoms with Gasteiger partial charge >= 0.3 is 0 Å². The molecule has 14 heavy (non-hydrogen) atoms. The molecule has 0 aromatic rings. The predicted molar refractivity (Wildman–Crippen MR) is 71.7 cm³/mol. The Morgan fingerprint density at radius 3 is 2.14 bits per heavy atom. The van der Waals surface area contributed by atoms with Crippen molar-refractivity contribution < 1.29 is 0 Å². The topological polar surface area (TPSA) is 26.0 Å². The molecule has 1 rings (SSSR count). The summed E-state index contributed by atoms with van der Waals surface area (Å²) in [5.74, 6) is 0. The normalized spacial score (nSPS) is 20.8. The summed E-state index contributed by atoms with van der Waals surface area (Å²) in [5, 5.41) is 0. The Kier molecular flexibility index (Phi) is 12.8. The van der Waals surface area contributed by atoms with E-state index >= 15 is 0 Å². The third-order valence-corrected chi connectivity index (χ3v) is 2.18. The number of rotatable bonds is 1. The Bertz CT molecular complexity index is 171. The Hall–Kier alpha value is -0.130. The van der Waals surface area contributed by atoms with Crippen LogP contribution >= 0.6 is 9.24 Å². The van der Waals surface area contributed by atoms with Crippen LogP contribution in [0, 0.1) is 0 Å². The quantitative estimate of drug-likeness (QED) is 0.665. The second kappa shape index (κ2) is 10.9. The molecular formula is C12H26NP. The zero-order valence-corrected chi connectivity index (χ0v) is 11.4. The van der Waals surface area contributed by atoms with Crippen LogP contribution < -0.4 is 5.73 Å². The van der Waals surface area contributed by atoms with Gasteiger partial charge in [0.15, 0.2) is 0 Å². The molecule has 1 aliphatic rings. The molecule has 2 N–H and O–H groups in total. The Balaban J connectivity index is 0. The van der Waals surface area contributed by atoms with Gasteiger partial charge in [-0.05, 0) is 24.6 Å². The Morgan fingerprint density at radius 1 is 1.36 bits per heavy atom. The van der Waals surface area contributed by atoms with Crippen LogP contribution in [-0.2, 0) is 0 Å². The fourth-order valence-electron chi connectivity index (χ4n) is 0.991. The van der Waals surface area contributed by atoms with Gasteiger partial charge in [0.1, 0.15) is 0 Å². The molecule has 0 aromatic heterocycles. The molecule has 3 unspecified atom stereocenters. The van der Waals surface area contributed by atoms with Crippen LogP contribution in [0.3, 0.4) is 0 Å². The van der Waals surface area contributed by atoms with E-state index in [9.17, 15) is 0 Å². The number of hydrogen-bond acceptors (Lipinski definition) is 1. The molecule has 84 valence electrons. The lowest BCUT2D eigenvalue weighted by atomic mass is 10.0. The van der Waals surface area contributed by atoms with Gasteiger partial charge in [-0.15, -0.1) is 9.24 Å². The standard InChI is InChI=1S/C8H14NP.2C2H6/c1-6(9)7-2-4-8(10)5-3-7;2*1-2/h2-4,6,8H,5,9-10H2,1H3;2*1-2H3. The fourth-order valence-corrected chi connectivity index (χ4v) is 1.24.